The molecule has 6 nitrogen and oxygen atoms in total. The van der Waals surface area contributed by atoms with Crippen LogP contribution in [0.5, 0.6) is 5.75 Å². The van der Waals surface area contributed by atoms with Crippen LogP contribution in [0.3, 0.4) is 0 Å². The number of carbonyl (C=O) groups is 1. The third kappa shape index (κ3) is 2.97. The van der Waals surface area contributed by atoms with E-state index in [-0.39, 0.29) is 17.2 Å². The molecule has 2 aromatic carbocycles. The molecule has 2 N–H and O–H groups in total. The first-order valence-electron chi connectivity index (χ1n) is 9.08. The average molecular weight is 363 g/mol. The van der Waals surface area contributed by atoms with Crippen LogP contribution in [0.1, 0.15) is 41.7 Å². The number of aromatic nitrogens is 2. The highest BCUT2D eigenvalue weighted by Crippen LogP contribution is 2.42. The Morgan fingerprint density at radius 3 is 2.48 bits per heavy atom. The number of amides is 1. The van der Waals surface area contributed by atoms with E-state index in [0.717, 1.165) is 37.0 Å². The fourth-order valence-electron chi connectivity index (χ4n) is 4.04. The van der Waals surface area contributed by atoms with Crippen LogP contribution in [-0.4, -0.2) is 23.2 Å². The van der Waals surface area contributed by atoms with E-state index in [9.17, 15) is 9.59 Å². The average Bonchev–Trinajstić information content (AvgIpc) is 3.18. The van der Waals surface area contributed by atoms with Crippen LogP contribution in [0.2, 0.25) is 0 Å². The van der Waals surface area contributed by atoms with E-state index in [0.29, 0.717) is 10.8 Å². The number of carbonyl (C=O) groups excluding carboxylic acids is 1. The van der Waals surface area contributed by atoms with Gasteiger partial charge in [-0.05, 0) is 25.0 Å². The van der Waals surface area contributed by atoms with Crippen molar-refractivity contribution in [2.45, 2.75) is 31.2 Å². The fraction of sp³-hybridized carbons (Fsp3) is 0.286. The predicted octanol–water partition coefficient (Wildman–Crippen LogP) is 3.13. The summed E-state index contributed by atoms with van der Waals surface area (Å²) in [5.74, 6) is 0.467. The Morgan fingerprint density at radius 2 is 1.74 bits per heavy atom. The lowest BCUT2D eigenvalue weighted by molar-refractivity contribution is 0.0892. The zero-order chi connectivity index (χ0) is 18.9. The number of nitrogens with one attached hydrogen (secondary N) is 2. The zero-order valence-corrected chi connectivity index (χ0v) is 15.1. The van der Waals surface area contributed by atoms with E-state index in [1.54, 1.807) is 31.4 Å². The van der Waals surface area contributed by atoms with Gasteiger partial charge in [0.2, 0.25) is 0 Å². The second-order valence-corrected chi connectivity index (χ2v) is 6.89. The van der Waals surface area contributed by atoms with Gasteiger partial charge >= 0.3 is 0 Å². The van der Waals surface area contributed by atoms with E-state index in [4.69, 9.17) is 4.74 Å². The lowest BCUT2D eigenvalue weighted by Gasteiger charge is -2.32. The Kier molecular flexibility index (Phi) is 4.39. The highest BCUT2D eigenvalue weighted by molar-refractivity contribution is 6.05. The number of H-pyrrole nitrogens is 1. The topological polar surface area (TPSA) is 84.1 Å². The standard InChI is InChI=1S/C21H21N3O3/c1-27-17-11-5-4-10-16(17)21(12-6-7-13-21)22-20(26)18-14-8-2-3-9-15(14)19(25)24-23-18/h2-5,8-11H,6-7,12-13H2,1H3,(H,22,26)(H,24,25). The first kappa shape index (κ1) is 17.3. The van der Waals surface area contributed by atoms with Crippen LogP contribution >= 0.6 is 0 Å². The summed E-state index contributed by atoms with van der Waals surface area (Å²) in [5, 5.41) is 10.7. The van der Waals surface area contributed by atoms with Crippen molar-refractivity contribution in [2.24, 2.45) is 0 Å². The lowest BCUT2D eigenvalue weighted by atomic mass is 9.87. The number of ether oxygens (including phenoxy) is 1. The Bertz CT molecular complexity index is 1050. The largest absolute Gasteiger partial charge is 0.496 e. The van der Waals surface area contributed by atoms with Gasteiger partial charge in [-0.1, -0.05) is 49.2 Å². The molecule has 0 spiro atoms. The van der Waals surface area contributed by atoms with Crippen molar-refractivity contribution in [1.29, 1.82) is 0 Å². The summed E-state index contributed by atoms with van der Waals surface area (Å²) < 4.78 is 5.54. The maximum Gasteiger partial charge on any atom is 0.273 e. The summed E-state index contributed by atoms with van der Waals surface area (Å²) in [6.07, 6.45) is 3.72. The van der Waals surface area contributed by atoms with Crippen molar-refractivity contribution in [1.82, 2.24) is 15.5 Å². The molecule has 0 unspecified atom stereocenters. The first-order valence-corrected chi connectivity index (χ1v) is 9.08. The monoisotopic (exact) mass is 363 g/mol. The smallest absolute Gasteiger partial charge is 0.273 e. The van der Waals surface area contributed by atoms with Crippen molar-refractivity contribution in [3.05, 3.63) is 70.1 Å². The number of rotatable bonds is 4. The van der Waals surface area contributed by atoms with Gasteiger partial charge < -0.3 is 10.1 Å². The minimum absolute atomic E-state index is 0.228. The third-order valence-corrected chi connectivity index (χ3v) is 5.34. The zero-order valence-electron chi connectivity index (χ0n) is 15.1. The van der Waals surface area contributed by atoms with Crippen molar-refractivity contribution < 1.29 is 9.53 Å². The van der Waals surface area contributed by atoms with Gasteiger partial charge in [0.25, 0.3) is 11.5 Å². The number of methoxy groups -OCH3 is 1. The van der Waals surface area contributed by atoms with Gasteiger partial charge in [-0.2, -0.15) is 5.10 Å². The summed E-state index contributed by atoms with van der Waals surface area (Å²) >= 11 is 0. The van der Waals surface area contributed by atoms with Gasteiger partial charge in [-0.3, -0.25) is 9.59 Å². The molecule has 1 aliphatic rings. The van der Waals surface area contributed by atoms with Crippen LogP contribution in [0.15, 0.2) is 53.3 Å². The quantitative estimate of drug-likeness (QED) is 0.746. The van der Waals surface area contributed by atoms with Crippen LogP contribution in [0.4, 0.5) is 0 Å². The van der Waals surface area contributed by atoms with Crippen molar-refractivity contribution in [2.75, 3.05) is 7.11 Å². The summed E-state index contributed by atoms with van der Waals surface area (Å²) in [6, 6.07) is 14.8. The Labute approximate surface area is 156 Å². The van der Waals surface area contributed by atoms with Gasteiger partial charge in [-0.25, -0.2) is 5.10 Å². The van der Waals surface area contributed by atoms with E-state index in [1.165, 1.54) is 0 Å². The summed E-state index contributed by atoms with van der Waals surface area (Å²) in [7, 11) is 1.64. The van der Waals surface area contributed by atoms with Crippen LogP contribution < -0.4 is 15.6 Å². The molecular formula is C21H21N3O3. The highest BCUT2D eigenvalue weighted by Gasteiger charge is 2.39. The van der Waals surface area contributed by atoms with Crippen LogP contribution in [0.25, 0.3) is 10.8 Å². The first-order chi connectivity index (χ1) is 13.1. The number of hydrogen-bond donors (Lipinski definition) is 2. The second-order valence-electron chi connectivity index (χ2n) is 6.89. The molecule has 1 fully saturated rings. The molecule has 6 heteroatoms. The maximum absolute atomic E-state index is 13.2. The molecule has 1 aromatic heterocycles. The Balaban J connectivity index is 1.77. The van der Waals surface area contributed by atoms with Crippen molar-refractivity contribution in [3.63, 3.8) is 0 Å². The second kappa shape index (κ2) is 6.87. The summed E-state index contributed by atoms with van der Waals surface area (Å²) in [5.41, 5.74) is 0.406. The molecule has 0 radical (unpaired) electrons. The van der Waals surface area contributed by atoms with E-state index >= 15 is 0 Å². The summed E-state index contributed by atoms with van der Waals surface area (Å²) in [6.45, 7) is 0. The number of nitrogens with zero attached hydrogens (tertiary/aromatic N) is 1. The Morgan fingerprint density at radius 1 is 1.07 bits per heavy atom. The molecule has 1 amide bonds. The molecule has 0 aliphatic heterocycles. The van der Waals surface area contributed by atoms with Gasteiger partial charge in [0.1, 0.15) is 5.75 Å². The van der Waals surface area contributed by atoms with Crippen molar-refractivity contribution >= 4 is 16.7 Å². The molecule has 1 aliphatic carbocycles. The molecular weight excluding hydrogens is 342 g/mol. The number of para-hydroxylation sites is 1. The van der Waals surface area contributed by atoms with E-state index < -0.39 is 5.54 Å². The van der Waals surface area contributed by atoms with Gasteiger partial charge in [0.05, 0.1) is 18.0 Å². The van der Waals surface area contributed by atoms with Gasteiger partial charge in [0, 0.05) is 10.9 Å². The number of hydrogen-bond acceptors (Lipinski definition) is 4. The SMILES string of the molecule is COc1ccccc1C1(NC(=O)c2n[nH]c(=O)c3ccccc23)CCCC1. The van der Waals surface area contributed by atoms with E-state index in [1.807, 2.05) is 24.3 Å². The normalized spacial score (nSPS) is 15.6. The number of fused-ring (bicyclic) bond motifs is 1. The third-order valence-electron chi connectivity index (χ3n) is 5.34. The molecule has 0 bridgehead atoms. The minimum atomic E-state index is -0.497. The fourth-order valence-corrected chi connectivity index (χ4v) is 4.04. The molecule has 0 atom stereocenters. The van der Waals surface area contributed by atoms with Crippen LogP contribution in [0, 0.1) is 0 Å². The molecule has 138 valence electrons. The van der Waals surface area contributed by atoms with E-state index in [2.05, 4.69) is 15.5 Å². The number of benzene rings is 2. The minimum Gasteiger partial charge on any atom is -0.496 e. The molecule has 1 saturated carbocycles. The summed E-state index contributed by atoms with van der Waals surface area (Å²) in [4.78, 5) is 25.2. The highest BCUT2D eigenvalue weighted by atomic mass is 16.5. The van der Waals surface area contributed by atoms with Crippen molar-refractivity contribution in [3.8, 4) is 5.75 Å². The Hall–Kier alpha value is -3.15. The maximum atomic E-state index is 13.2. The molecule has 1 heterocycles. The molecule has 0 saturated heterocycles. The van der Waals surface area contributed by atoms with Gasteiger partial charge in [-0.15, -0.1) is 0 Å². The van der Waals surface area contributed by atoms with Crippen LogP contribution in [-0.2, 0) is 5.54 Å². The van der Waals surface area contributed by atoms with Gasteiger partial charge in [0.15, 0.2) is 5.69 Å². The molecule has 4 rings (SSSR count). The lowest BCUT2D eigenvalue weighted by Crippen LogP contribution is -2.44. The predicted molar refractivity (Wildman–Crippen MR) is 103 cm³/mol. The molecule has 27 heavy (non-hydrogen) atoms. The number of aromatic amines is 1. The molecule has 3 aromatic rings.